The lowest BCUT2D eigenvalue weighted by atomic mass is 9.99. The molecule has 0 atom stereocenters. The van der Waals surface area contributed by atoms with E-state index in [0.717, 1.165) is 49.5 Å². The Morgan fingerprint density at radius 1 is 0.930 bits per heavy atom. The molecule has 0 unspecified atom stereocenters. The van der Waals surface area contributed by atoms with Gasteiger partial charge in [0.25, 0.3) is 5.91 Å². The van der Waals surface area contributed by atoms with Crippen LogP contribution in [-0.2, 0) is 19.2 Å². The second-order valence-electron chi connectivity index (χ2n) is 9.37. The third kappa shape index (κ3) is 7.81. The highest BCUT2D eigenvalue weighted by molar-refractivity contribution is 6.25. The lowest BCUT2D eigenvalue weighted by Crippen LogP contribution is -2.29. The first kappa shape index (κ1) is 32.0. The molecule has 0 saturated heterocycles. The summed E-state index contributed by atoms with van der Waals surface area (Å²) in [6, 6.07) is 18.4. The standard InChI is InChI=1S/C32H30N6O5/c1-3-5-15-37(16-6-4-2)27-13-9-23(10-14-27)29-28(21-35)30(25(19-33)20-34)38(31(29)40)43-18-17-42-32(41)24-7-11-26(12-8-24)36-22-39/h7-14H,3-6,15-18H2,1-2H3. The fourth-order valence-corrected chi connectivity index (χ4v) is 4.37. The molecule has 0 N–H and O–H groups in total. The minimum atomic E-state index is -0.728. The molecule has 1 aliphatic heterocycles. The van der Waals surface area contributed by atoms with Crippen LogP contribution in [-0.4, -0.2) is 49.3 Å². The molecule has 0 aromatic heterocycles. The molecule has 2 aromatic rings. The molecule has 43 heavy (non-hydrogen) atoms. The average molecular weight is 579 g/mol. The number of nitriles is 3. The number of isocyanates is 1. The van der Waals surface area contributed by atoms with Crippen molar-refractivity contribution >= 4 is 34.9 Å². The number of nitrogens with zero attached hydrogens (tertiary/aromatic N) is 6. The van der Waals surface area contributed by atoms with Gasteiger partial charge in [-0.2, -0.15) is 25.8 Å². The van der Waals surface area contributed by atoms with Crippen molar-refractivity contribution in [3.8, 4) is 18.2 Å². The van der Waals surface area contributed by atoms with Gasteiger partial charge in [0, 0.05) is 18.8 Å². The summed E-state index contributed by atoms with van der Waals surface area (Å²) in [5.74, 6) is -1.42. The molecule has 0 spiro atoms. The van der Waals surface area contributed by atoms with Crippen LogP contribution in [0.3, 0.4) is 0 Å². The van der Waals surface area contributed by atoms with Gasteiger partial charge in [-0.1, -0.05) is 38.8 Å². The van der Waals surface area contributed by atoms with E-state index in [4.69, 9.17) is 9.57 Å². The summed E-state index contributed by atoms with van der Waals surface area (Å²) in [7, 11) is 0. The number of esters is 1. The number of aliphatic imine (C=N–C) groups is 1. The van der Waals surface area contributed by atoms with E-state index in [1.165, 1.54) is 30.3 Å². The van der Waals surface area contributed by atoms with Crippen LogP contribution in [0, 0.1) is 34.0 Å². The van der Waals surface area contributed by atoms with E-state index in [2.05, 4.69) is 23.7 Å². The van der Waals surface area contributed by atoms with E-state index in [1.54, 1.807) is 24.3 Å². The maximum Gasteiger partial charge on any atom is 0.338 e. The fraction of sp³-hybridized carbons (Fsp3) is 0.312. The van der Waals surface area contributed by atoms with Gasteiger partial charge in [0.15, 0.2) is 5.57 Å². The van der Waals surface area contributed by atoms with Crippen molar-refractivity contribution in [3.05, 3.63) is 76.5 Å². The number of rotatable bonds is 14. The minimum absolute atomic E-state index is 0.00390. The molecule has 11 heteroatoms. The van der Waals surface area contributed by atoms with Crippen LogP contribution < -0.4 is 4.90 Å². The predicted molar refractivity (Wildman–Crippen MR) is 157 cm³/mol. The number of carbonyl (C=O) groups is 2. The van der Waals surface area contributed by atoms with Gasteiger partial charge in [-0.3, -0.25) is 9.63 Å². The normalized spacial score (nSPS) is 12.2. The van der Waals surface area contributed by atoms with Crippen LogP contribution in [0.1, 0.15) is 55.5 Å². The van der Waals surface area contributed by atoms with Crippen LogP contribution in [0.25, 0.3) is 5.57 Å². The lowest BCUT2D eigenvalue weighted by Gasteiger charge is -2.25. The minimum Gasteiger partial charge on any atom is -0.460 e. The number of hydrogen-bond acceptors (Lipinski definition) is 10. The third-order valence-electron chi connectivity index (χ3n) is 6.56. The molecule has 1 amide bonds. The fourth-order valence-electron chi connectivity index (χ4n) is 4.37. The molecule has 0 aliphatic carbocycles. The Morgan fingerprint density at radius 2 is 1.56 bits per heavy atom. The van der Waals surface area contributed by atoms with Gasteiger partial charge in [0.2, 0.25) is 6.08 Å². The number of anilines is 1. The van der Waals surface area contributed by atoms with Crippen molar-refractivity contribution in [1.82, 2.24) is 5.06 Å². The van der Waals surface area contributed by atoms with Gasteiger partial charge in [-0.25, -0.2) is 9.59 Å². The monoisotopic (exact) mass is 578 g/mol. The molecule has 3 rings (SSSR count). The first-order valence-electron chi connectivity index (χ1n) is 13.8. The van der Waals surface area contributed by atoms with E-state index in [9.17, 15) is 30.2 Å². The van der Waals surface area contributed by atoms with Gasteiger partial charge in [0.05, 0.1) is 22.4 Å². The zero-order chi connectivity index (χ0) is 31.2. The Morgan fingerprint density at radius 3 is 2.09 bits per heavy atom. The highest BCUT2D eigenvalue weighted by atomic mass is 16.7. The van der Waals surface area contributed by atoms with Gasteiger partial charge in [0.1, 0.15) is 37.1 Å². The van der Waals surface area contributed by atoms with E-state index < -0.39 is 17.4 Å². The highest BCUT2D eigenvalue weighted by Gasteiger charge is 2.40. The summed E-state index contributed by atoms with van der Waals surface area (Å²) in [6.45, 7) is 5.47. The number of amides is 1. The van der Waals surface area contributed by atoms with Crippen molar-refractivity contribution < 1.29 is 24.0 Å². The molecule has 0 bridgehead atoms. The summed E-state index contributed by atoms with van der Waals surface area (Å²) in [5, 5.41) is 29.9. The molecule has 0 fully saturated rings. The van der Waals surface area contributed by atoms with Crippen LogP contribution in [0.2, 0.25) is 0 Å². The van der Waals surface area contributed by atoms with Gasteiger partial charge in [-0.15, -0.1) is 0 Å². The Balaban J connectivity index is 1.80. The smallest absolute Gasteiger partial charge is 0.338 e. The molecule has 1 aliphatic rings. The Kier molecular flexibility index (Phi) is 11.9. The number of hydroxylamine groups is 2. The lowest BCUT2D eigenvalue weighted by molar-refractivity contribution is -0.167. The maximum absolute atomic E-state index is 13.5. The predicted octanol–water partition coefficient (Wildman–Crippen LogP) is 5.27. The van der Waals surface area contributed by atoms with Gasteiger partial charge >= 0.3 is 5.97 Å². The molecule has 0 saturated carbocycles. The molecule has 2 aromatic carbocycles. The van der Waals surface area contributed by atoms with E-state index in [-0.39, 0.29) is 35.6 Å². The van der Waals surface area contributed by atoms with Gasteiger partial charge < -0.3 is 9.64 Å². The largest absolute Gasteiger partial charge is 0.460 e. The summed E-state index contributed by atoms with van der Waals surface area (Å²) in [5.41, 5.74) is 1.03. The van der Waals surface area contributed by atoms with E-state index in [1.807, 2.05) is 18.2 Å². The molecular formula is C32H30N6O5. The zero-order valence-corrected chi connectivity index (χ0v) is 24.0. The second kappa shape index (κ2) is 16.0. The third-order valence-corrected chi connectivity index (χ3v) is 6.56. The summed E-state index contributed by atoms with van der Waals surface area (Å²) in [4.78, 5) is 47.6. The number of benzene rings is 2. The van der Waals surface area contributed by atoms with Crippen LogP contribution in [0.5, 0.6) is 0 Å². The summed E-state index contributed by atoms with van der Waals surface area (Å²) >= 11 is 0. The molecule has 11 nitrogen and oxygen atoms in total. The van der Waals surface area contributed by atoms with Crippen molar-refractivity contribution in [1.29, 1.82) is 15.8 Å². The second-order valence-corrected chi connectivity index (χ2v) is 9.37. The molecule has 1 heterocycles. The number of carbonyl (C=O) groups excluding carboxylic acids is 3. The van der Waals surface area contributed by atoms with Crippen LogP contribution >= 0.6 is 0 Å². The maximum atomic E-state index is 13.5. The number of ether oxygens (including phenoxy) is 1. The zero-order valence-electron chi connectivity index (χ0n) is 24.0. The van der Waals surface area contributed by atoms with Crippen molar-refractivity contribution in [2.45, 2.75) is 39.5 Å². The summed E-state index contributed by atoms with van der Waals surface area (Å²) < 4.78 is 5.19. The first-order valence-corrected chi connectivity index (χ1v) is 13.8. The summed E-state index contributed by atoms with van der Waals surface area (Å²) in [6.07, 6.45) is 5.60. The molecule has 0 radical (unpaired) electrons. The molecular weight excluding hydrogens is 548 g/mol. The highest BCUT2D eigenvalue weighted by Crippen LogP contribution is 2.37. The molecule has 218 valence electrons. The Labute approximate surface area is 250 Å². The van der Waals surface area contributed by atoms with Gasteiger partial charge in [-0.05, 0) is 54.8 Å². The van der Waals surface area contributed by atoms with E-state index in [0.29, 0.717) is 11.3 Å². The van der Waals surface area contributed by atoms with Crippen molar-refractivity contribution in [2.75, 3.05) is 31.2 Å². The van der Waals surface area contributed by atoms with Crippen LogP contribution in [0.4, 0.5) is 11.4 Å². The van der Waals surface area contributed by atoms with Crippen molar-refractivity contribution in [3.63, 3.8) is 0 Å². The topological polar surface area (TPSA) is 160 Å². The number of allylic oxidation sites excluding steroid dienone is 2. The SMILES string of the molecule is CCCCN(CCCC)c1ccc(C2=C(C#N)C(=C(C#N)C#N)N(OCCOC(=O)c3ccc(N=C=O)cc3)C2=O)cc1. The Bertz CT molecular complexity index is 1540. The first-order chi connectivity index (χ1) is 20.9. The van der Waals surface area contributed by atoms with E-state index >= 15 is 0 Å². The van der Waals surface area contributed by atoms with Crippen molar-refractivity contribution in [2.24, 2.45) is 4.99 Å². The number of hydrogen-bond donors (Lipinski definition) is 0. The number of unbranched alkanes of at least 4 members (excludes halogenated alkanes) is 2. The Hall–Kier alpha value is -5.53. The average Bonchev–Trinajstić information content (AvgIpc) is 3.31. The quantitative estimate of drug-likeness (QED) is 0.0956. The van der Waals surface area contributed by atoms with Crippen LogP contribution in [0.15, 0.2) is 70.4 Å².